The van der Waals surface area contributed by atoms with E-state index in [1.165, 1.54) is 12.1 Å². The first-order valence-electron chi connectivity index (χ1n) is 9.63. The second-order valence-electron chi connectivity index (χ2n) is 7.22. The van der Waals surface area contributed by atoms with Crippen molar-refractivity contribution in [3.8, 4) is 0 Å². The summed E-state index contributed by atoms with van der Waals surface area (Å²) in [6, 6.07) is 11.3. The van der Waals surface area contributed by atoms with Gasteiger partial charge in [-0.1, -0.05) is 0 Å². The van der Waals surface area contributed by atoms with Gasteiger partial charge in [-0.05, 0) is 43.2 Å². The Kier molecular flexibility index (Phi) is 6.51. The fraction of sp³-hybridized carbons (Fsp3) is 0.333. The maximum atomic E-state index is 12.6. The molecule has 0 saturated carbocycles. The van der Waals surface area contributed by atoms with E-state index in [-0.39, 0.29) is 11.3 Å². The summed E-state index contributed by atoms with van der Waals surface area (Å²) < 4.78 is 5.15. The van der Waals surface area contributed by atoms with Crippen molar-refractivity contribution in [2.45, 2.75) is 12.8 Å². The quantitative estimate of drug-likeness (QED) is 0.423. The second kappa shape index (κ2) is 9.25. The summed E-state index contributed by atoms with van der Waals surface area (Å²) in [6.07, 6.45) is 1.97. The molecule has 0 atom stereocenters. The molecule has 1 heterocycles. The number of nitrogens with zero attached hydrogens (tertiary/aromatic N) is 3. The fourth-order valence-electron chi connectivity index (χ4n) is 3.28. The van der Waals surface area contributed by atoms with Crippen LogP contribution in [0.4, 0.5) is 22.7 Å². The van der Waals surface area contributed by atoms with Gasteiger partial charge in [0.1, 0.15) is 0 Å². The van der Waals surface area contributed by atoms with E-state index in [1.54, 1.807) is 18.2 Å². The molecule has 3 rings (SSSR count). The van der Waals surface area contributed by atoms with Gasteiger partial charge in [-0.2, -0.15) is 0 Å². The van der Waals surface area contributed by atoms with E-state index in [2.05, 4.69) is 5.32 Å². The third kappa shape index (κ3) is 5.05. The van der Waals surface area contributed by atoms with E-state index in [1.807, 2.05) is 36.0 Å². The zero-order valence-corrected chi connectivity index (χ0v) is 17.0. The Morgan fingerprint density at radius 1 is 1.13 bits per heavy atom. The van der Waals surface area contributed by atoms with E-state index >= 15 is 0 Å². The highest BCUT2D eigenvalue weighted by Gasteiger charge is 2.24. The maximum absolute atomic E-state index is 12.6. The van der Waals surface area contributed by atoms with Crippen LogP contribution in [0.15, 0.2) is 42.5 Å². The summed E-state index contributed by atoms with van der Waals surface area (Å²) >= 11 is 0. The predicted molar refractivity (Wildman–Crippen MR) is 114 cm³/mol. The van der Waals surface area contributed by atoms with Crippen molar-refractivity contribution in [2.75, 3.05) is 48.9 Å². The molecule has 1 N–H and O–H groups in total. The van der Waals surface area contributed by atoms with Gasteiger partial charge in [0.05, 0.1) is 16.2 Å². The van der Waals surface area contributed by atoms with Crippen molar-refractivity contribution < 1.29 is 19.2 Å². The summed E-state index contributed by atoms with van der Waals surface area (Å²) in [5, 5.41) is 13.8. The number of carbonyl (C=O) groups excluding carboxylic acids is 2. The largest absolute Gasteiger partial charge is 0.452 e. The van der Waals surface area contributed by atoms with Crippen molar-refractivity contribution >= 4 is 34.6 Å². The Labute approximate surface area is 174 Å². The minimum absolute atomic E-state index is 0.0919. The van der Waals surface area contributed by atoms with E-state index in [4.69, 9.17) is 4.74 Å². The normalized spacial score (nSPS) is 13.1. The van der Waals surface area contributed by atoms with Crippen LogP contribution in [0.25, 0.3) is 0 Å². The molecule has 0 radical (unpaired) electrons. The average molecular weight is 412 g/mol. The summed E-state index contributed by atoms with van der Waals surface area (Å²) in [6.45, 7) is 1.04. The molecule has 0 aliphatic carbocycles. The minimum atomic E-state index is -0.765. The van der Waals surface area contributed by atoms with Crippen LogP contribution in [-0.2, 0) is 9.53 Å². The van der Waals surface area contributed by atoms with Gasteiger partial charge in [-0.15, -0.1) is 0 Å². The van der Waals surface area contributed by atoms with Gasteiger partial charge in [-0.25, -0.2) is 4.79 Å². The molecular weight excluding hydrogens is 388 g/mol. The Morgan fingerprint density at radius 3 is 2.40 bits per heavy atom. The summed E-state index contributed by atoms with van der Waals surface area (Å²) in [5.74, 6) is -1.26. The van der Waals surface area contributed by atoms with Crippen molar-refractivity contribution in [1.29, 1.82) is 0 Å². The van der Waals surface area contributed by atoms with Crippen LogP contribution < -0.4 is 15.1 Å². The molecule has 1 aliphatic heterocycles. The molecule has 9 heteroatoms. The van der Waals surface area contributed by atoms with Crippen LogP contribution in [0.2, 0.25) is 0 Å². The molecule has 2 aromatic rings. The molecule has 1 amide bonds. The lowest BCUT2D eigenvalue weighted by Crippen LogP contribution is -2.24. The second-order valence-corrected chi connectivity index (χ2v) is 7.22. The molecule has 0 bridgehead atoms. The number of rotatable bonds is 7. The summed E-state index contributed by atoms with van der Waals surface area (Å²) in [7, 11) is 3.83. The third-order valence-corrected chi connectivity index (χ3v) is 4.86. The van der Waals surface area contributed by atoms with E-state index in [0.29, 0.717) is 11.4 Å². The topological polar surface area (TPSA) is 105 Å². The number of hydrogen-bond donors (Lipinski definition) is 1. The van der Waals surface area contributed by atoms with Gasteiger partial charge in [0.2, 0.25) is 0 Å². The number of amides is 1. The number of non-ortho nitro benzene ring substituents is 1. The molecule has 0 unspecified atom stereocenters. The van der Waals surface area contributed by atoms with Gasteiger partial charge in [0.25, 0.3) is 11.6 Å². The molecule has 0 aromatic heterocycles. The Hall–Kier alpha value is -3.62. The predicted octanol–water partition coefficient (Wildman–Crippen LogP) is 3.06. The monoisotopic (exact) mass is 412 g/mol. The summed E-state index contributed by atoms with van der Waals surface area (Å²) in [5.41, 5.74) is 2.04. The highest BCUT2D eigenvalue weighted by atomic mass is 16.6. The number of ether oxygens (including phenoxy) is 1. The molecule has 1 aliphatic rings. The zero-order valence-electron chi connectivity index (χ0n) is 17.0. The number of anilines is 3. The van der Waals surface area contributed by atoms with Crippen molar-refractivity contribution in [1.82, 2.24) is 0 Å². The fourth-order valence-corrected chi connectivity index (χ4v) is 3.28. The lowest BCUT2D eigenvalue weighted by atomic mass is 10.1. The molecular formula is C21H24N4O5. The number of nitro groups is 1. The van der Waals surface area contributed by atoms with Gasteiger partial charge >= 0.3 is 5.97 Å². The molecule has 30 heavy (non-hydrogen) atoms. The Morgan fingerprint density at radius 2 is 1.80 bits per heavy atom. The average Bonchev–Trinajstić information content (AvgIpc) is 3.26. The van der Waals surface area contributed by atoms with Gasteiger partial charge in [0.15, 0.2) is 6.61 Å². The first-order chi connectivity index (χ1) is 14.3. The lowest BCUT2D eigenvalue weighted by molar-refractivity contribution is -0.384. The molecule has 1 fully saturated rings. The molecule has 0 spiro atoms. The van der Waals surface area contributed by atoms with Gasteiger partial charge in [-0.3, -0.25) is 14.9 Å². The van der Waals surface area contributed by atoms with Crippen LogP contribution in [0.3, 0.4) is 0 Å². The number of nitro benzene ring substituents is 1. The number of nitrogens with one attached hydrogen (secondary N) is 1. The Balaban J connectivity index is 1.66. The van der Waals surface area contributed by atoms with Crippen LogP contribution in [0.1, 0.15) is 23.2 Å². The molecule has 1 saturated heterocycles. The Bertz CT molecular complexity index is 937. The third-order valence-electron chi connectivity index (χ3n) is 4.86. The van der Waals surface area contributed by atoms with Crippen LogP contribution in [0.5, 0.6) is 0 Å². The van der Waals surface area contributed by atoms with Gasteiger partial charge in [0, 0.05) is 50.7 Å². The lowest BCUT2D eigenvalue weighted by Gasteiger charge is -2.20. The van der Waals surface area contributed by atoms with E-state index in [9.17, 15) is 19.7 Å². The minimum Gasteiger partial charge on any atom is -0.452 e. The van der Waals surface area contributed by atoms with Crippen molar-refractivity contribution in [3.05, 3.63) is 58.1 Å². The maximum Gasteiger partial charge on any atom is 0.341 e. The number of esters is 1. The van der Waals surface area contributed by atoms with E-state index in [0.717, 1.165) is 31.6 Å². The first kappa shape index (κ1) is 21.1. The molecule has 158 valence electrons. The van der Waals surface area contributed by atoms with Crippen LogP contribution in [-0.4, -0.2) is 50.6 Å². The standard InChI is InChI=1S/C21H24N4O5/c1-23(2)16-7-5-15(6-8-16)22-20(26)14-30-21(27)18-13-17(25(28)29)9-10-19(18)24-11-3-4-12-24/h5-10,13H,3-4,11-12,14H2,1-2H3,(H,22,26). The number of hydrogen-bond acceptors (Lipinski definition) is 7. The van der Waals surface area contributed by atoms with E-state index < -0.39 is 23.4 Å². The van der Waals surface area contributed by atoms with Crippen LogP contribution >= 0.6 is 0 Å². The first-order valence-corrected chi connectivity index (χ1v) is 9.63. The van der Waals surface area contributed by atoms with Gasteiger partial charge < -0.3 is 19.9 Å². The number of carbonyl (C=O) groups is 2. The summed E-state index contributed by atoms with van der Waals surface area (Å²) in [4.78, 5) is 39.3. The number of benzene rings is 2. The highest BCUT2D eigenvalue weighted by Crippen LogP contribution is 2.29. The SMILES string of the molecule is CN(C)c1ccc(NC(=O)COC(=O)c2cc([N+](=O)[O-])ccc2N2CCCC2)cc1. The molecule has 2 aromatic carbocycles. The smallest absolute Gasteiger partial charge is 0.341 e. The highest BCUT2D eigenvalue weighted by molar-refractivity contribution is 5.99. The van der Waals surface area contributed by atoms with Crippen molar-refractivity contribution in [3.63, 3.8) is 0 Å². The zero-order chi connectivity index (χ0) is 21.7. The molecule has 9 nitrogen and oxygen atoms in total. The van der Waals surface area contributed by atoms with Crippen LogP contribution in [0, 0.1) is 10.1 Å². The van der Waals surface area contributed by atoms with Crippen molar-refractivity contribution in [2.24, 2.45) is 0 Å².